The number of hydrogen-bond acceptors (Lipinski definition) is 4. The van der Waals surface area contributed by atoms with Gasteiger partial charge in [-0.15, -0.1) is 0 Å². The van der Waals surface area contributed by atoms with E-state index >= 15 is 0 Å². The maximum Gasteiger partial charge on any atom is 0.142 e. The van der Waals surface area contributed by atoms with Crippen LogP contribution in [0.3, 0.4) is 0 Å². The third kappa shape index (κ3) is 6.57. The molecular weight excluding hydrogens is 615 g/mol. The van der Waals surface area contributed by atoms with Crippen LogP contribution >= 0.6 is 0 Å². The molecule has 1 aliphatic rings. The number of rotatable bonds is 6. The number of nitrogens with two attached hydrogens (primary N) is 1. The second-order valence-corrected chi connectivity index (χ2v) is 12.7. The van der Waals surface area contributed by atoms with Crippen molar-refractivity contribution >= 4 is 0 Å². The fourth-order valence-electron chi connectivity index (χ4n) is 6.20. The van der Waals surface area contributed by atoms with Gasteiger partial charge < -0.3 is 20.8 Å². The highest BCUT2D eigenvalue weighted by atomic mass is 16.3. The maximum absolute atomic E-state index is 10.1. The number of nitrogens with one attached hydrogen (secondary N) is 2. The second kappa shape index (κ2) is 14.1. The van der Waals surface area contributed by atoms with Gasteiger partial charge in [0.2, 0.25) is 0 Å². The summed E-state index contributed by atoms with van der Waals surface area (Å²) in [7, 11) is 0. The average Bonchev–Trinajstić information content (AvgIpc) is 3.82. The van der Waals surface area contributed by atoms with Gasteiger partial charge in [0.05, 0.1) is 33.8 Å². The molecule has 0 saturated heterocycles. The van der Waals surface area contributed by atoms with Crippen molar-refractivity contribution in [3.63, 3.8) is 0 Å². The molecule has 0 spiro atoms. The molecule has 5 N–H and O–H groups in total. The molecule has 0 fully saturated rings. The lowest BCUT2D eigenvalue weighted by Crippen LogP contribution is -2.42. The van der Waals surface area contributed by atoms with Crippen LogP contribution in [0.2, 0.25) is 0 Å². The Hall–Kier alpha value is -6.24. The van der Waals surface area contributed by atoms with Gasteiger partial charge in [-0.2, -0.15) is 0 Å². The molecule has 2 aromatic heterocycles. The van der Waals surface area contributed by atoms with Gasteiger partial charge in [-0.3, -0.25) is 0 Å². The predicted octanol–water partition coefficient (Wildman–Crippen LogP) is 9.96. The Morgan fingerprint density at radius 2 is 1.06 bits per heavy atom. The SMILES string of the molecule is CC1=CC(N)C(C)(c2nc(-c3ccccc3)c(-c3ccccc3)[nH]2)C=C1.Oc1ccccc1-c1nc(-c2ccccc2)c(-c2ccccc2)[nH]1. The smallest absolute Gasteiger partial charge is 0.142 e. The van der Waals surface area contributed by atoms with E-state index in [0.29, 0.717) is 11.4 Å². The van der Waals surface area contributed by atoms with Crippen molar-refractivity contribution in [3.8, 4) is 62.2 Å². The normalized spacial score (nSPS) is 16.7. The summed E-state index contributed by atoms with van der Waals surface area (Å²) in [5.74, 6) is 1.76. The zero-order valence-corrected chi connectivity index (χ0v) is 28.1. The van der Waals surface area contributed by atoms with E-state index in [4.69, 9.17) is 15.7 Å². The monoisotopic (exact) mass is 653 g/mol. The Morgan fingerprint density at radius 3 is 1.58 bits per heavy atom. The fraction of sp³-hybridized carbons (Fsp3) is 0.0909. The quantitative estimate of drug-likeness (QED) is 0.143. The summed E-state index contributed by atoms with van der Waals surface area (Å²) < 4.78 is 0. The van der Waals surface area contributed by atoms with E-state index in [1.807, 2.05) is 97.1 Å². The highest BCUT2D eigenvalue weighted by Gasteiger charge is 2.36. The first kappa shape index (κ1) is 32.3. The van der Waals surface area contributed by atoms with Gasteiger partial charge in [0, 0.05) is 28.3 Å². The lowest BCUT2D eigenvalue weighted by molar-refractivity contribution is 0.477. The van der Waals surface area contributed by atoms with E-state index in [-0.39, 0.29) is 17.2 Å². The minimum absolute atomic E-state index is 0.120. The number of aromatic nitrogens is 4. The Morgan fingerprint density at radius 1 is 0.600 bits per heavy atom. The van der Waals surface area contributed by atoms with Crippen LogP contribution in [-0.2, 0) is 5.41 Å². The summed E-state index contributed by atoms with van der Waals surface area (Å²) in [6, 6.07) is 47.9. The van der Waals surface area contributed by atoms with E-state index in [2.05, 4.69) is 78.4 Å². The van der Waals surface area contributed by atoms with Crippen molar-refractivity contribution in [1.29, 1.82) is 0 Å². The molecule has 6 heteroatoms. The van der Waals surface area contributed by atoms with Crippen LogP contribution in [0, 0.1) is 0 Å². The van der Waals surface area contributed by atoms with Gasteiger partial charge in [0.15, 0.2) is 0 Å². The largest absolute Gasteiger partial charge is 0.507 e. The van der Waals surface area contributed by atoms with Crippen LogP contribution in [0.4, 0.5) is 0 Å². The minimum Gasteiger partial charge on any atom is -0.507 e. The van der Waals surface area contributed by atoms with Crippen molar-refractivity contribution in [2.45, 2.75) is 25.3 Å². The lowest BCUT2D eigenvalue weighted by atomic mass is 9.77. The van der Waals surface area contributed by atoms with Gasteiger partial charge in [-0.25, -0.2) is 9.97 Å². The first-order valence-corrected chi connectivity index (χ1v) is 16.7. The number of allylic oxidation sites excluding steroid dienone is 2. The van der Waals surface area contributed by atoms with Crippen LogP contribution in [0.25, 0.3) is 56.4 Å². The van der Waals surface area contributed by atoms with E-state index in [0.717, 1.165) is 50.9 Å². The zero-order valence-electron chi connectivity index (χ0n) is 28.1. The first-order valence-electron chi connectivity index (χ1n) is 16.7. The highest BCUT2D eigenvalue weighted by Crippen LogP contribution is 2.38. The topological polar surface area (TPSA) is 104 Å². The van der Waals surface area contributed by atoms with Crippen LogP contribution in [0.5, 0.6) is 5.75 Å². The summed E-state index contributed by atoms with van der Waals surface area (Å²) in [6.45, 7) is 4.21. The standard InChI is InChI=1S/C23H23N3.C21H16N2O/c1-16-13-14-23(2,19(24)15-16)22-25-20(17-9-5-3-6-10-17)21(26-22)18-11-7-4-8-12-18;24-18-14-8-7-13-17(18)21-22-19(15-9-3-1-4-10-15)20(23-21)16-11-5-2-6-12-16/h3-15,19H,24H2,1-2H3,(H,25,26);1-14,24H,(H,22,23). The second-order valence-electron chi connectivity index (χ2n) is 12.7. The van der Waals surface area contributed by atoms with Crippen molar-refractivity contribution in [2.24, 2.45) is 5.73 Å². The van der Waals surface area contributed by atoms with Gasteiger partial charge in [-0.1, -0.05) is 157 Å². The molecule has 0 radical (unpaired) electrons. The third-order valence-corrected chi connectivity index (χ3v) is 9.12. The zero-order chi connectivity index (χ0) is 34.5. The predicted molar refractivity (Wildman–Crippen MR) is 204 cm³/mol. The molecule has 8 rings (SSSR count). The number of phenolic OH excluding ortho intramolecular Hbond substituents is 1. The summed E-state index contributed by atoms with van der Waals surface area (Å²) in [4.78, 5) is 16.7. The summed E-state index contributed by atoms with van der Waals surface area (Å²) in [5.41, 5.74) is 16.1. The number of imidazole rings is 2. The molecule has 50 heavy (non-hydrogen) atoms. The van der Waals surface area contributed by atoms with Crippen LogP contribution < -0.4 is 5.73 Å². The highest BCUT2D eigenvalue weighted by molar-refractivity contribution is 5.82. The molecule has 2 unspecified atom stereocenters. The lowest BCUT2D eigenvalue weighted by Gasteiger charge is -2.31. The molecule has 7 aromatic rings. The van der Waals surface area contributed by atoms with Gasteiger partial charge in [0.1, 0.15) is 17.4 Å². The van der Waals surface area contributed by atoms with E-state index < -0.39 is 0 Å². The number of hydrogen-bond donors (Lipinski definition) is 4. The van der Waals surface area contributed by atoms with E-state index in [1.165, 1.54) is 5.57 Å². The molecule has 0 amide bonds. The van der Waals surface area contributed by atoms with Crippen molar-refractivity contribution in [2.75, 3.05) is 0 Å². The Kier molecular flexibility index (Phi) is 9.10. The van der Waals surface area contributed by atoms with Gasteiger partial charge in [-0.05, 0) is 26.0 Å². The van der Waals surface area contributed by atoms with E-state index in [9.17, 15) is 5.11 Å². The minimum atomic E-state index is -0.365. The summed E-state index contributed by atoms with van der Waals surface area (Å²) in [6.07, 6.45) is 6.39. The number of aromatic amines is 2. The maximum atomic E-state index is 10.1. The summed E-state index contributed by atoms with van der Waals surface area (Å²) in [5, 5.41) is 10.1. The fourth-order valence-corrected chi connectivity index (χ4v) is 6.20. The molecule has 1 aliphatic carbocycles. The number of H-pyrrole nitrogens is 2. The molecule has 0 saturated carbocycles. The molecule has 0 bridgehead atoms. The molecule has 6 nitrogen and oxygen atoms in total. The Bertz CT molecular complexity index is 2140. The Balaban J connectivity index is 0.000000157. The molecule has 5 aromatic carbocycles. The van der Waals surface area contributed by atoms with Crippen molar-refractivity contribution in [3.05, 3.63) is 175 Å². The van der Waals surface area contributed by atoms with Gasteiger partial charge in [0.25, 0.3) is 0 Å². The van der Waals surface area contributed by atoms with Crippen LogP contribution in [-0.4, -0.2) is 31.1 Å². The Labute approximate surface area is 292 Å². The molecule has 2 heterocycles. The number of aromatic hydroxyl groups is 1. The van der Waals surface area contributed by atoms with Crippen LogP contribution in [0.1, 0.15) is 19.7 Å². The molecule has 246 valence electrons. The number of benzene rings is 5. The van der Waals surface area contributed by atoms with Crippen LogP contribution in [0.15, 0.2) is 169 Å². The average molecular weight is 654 g/mol. The first-order chi connectivity index (χ1) is 24.4. The molecular formula is C44H39N5O. The van der Waals surface area contributed by atoms with Crippen molar-refractivity contribution < 1.29 is 5.11 Å². The molecule has 2 atom stereocenters. The number of phenols is 1. The summed E-state index contributed by atoms with van der Waals surface area (Å²) >= 11 is 0. The number of para-hydroxylation sites is 1. The van der Waals surface area contributed by atoms with Crippen molar-refractivity contribution in [1.82, 2.24) is 19.9 Å². The third-order valence-electron chi connectivity index (χ3n) is 9.12. The molecule has 0 aliphatic heterocycles. The van der Waals surface area contributed by atoms with E-state index in [1.54, 1.807) is 12.1 Å². The number of nitrogens with zero attached hydrogens (tertiary/aromatic N) is 2. The van der Waals surface area contributed by atoms with Gasteiger partial charge >= 0.3 is 0 Å².